The van der Waals surface area contributed by atoms with Gasteiger partial charge in [-0.25, -0.2) is 0 Å². The number of rotatable bonds is 4. The smallest absolute Gasteiger partial charge is 0.242 e. The highest BCUT2D eigenvalue weighted by atomic mass is 16.2. The molecule has 2 rings (SSSR count). The molecule has 6 nitrogen and oxygen atoms in total. The van der Waals surface area contributed by atoms with Crippen molar-refractivity contribution in [1.82, 2.24) is 10.2 Å². The van der Waals surface area contributed by atoms with Crippen LogP contribution in [0.3, 0.4) is 0 Å². The zero-order valence-electron chi connectivity index (χ0n) is 11.6. The third-order valence-corrected chi connectivity index (χ3v) is 3.45. The lowest BCUT2D eigenvalue weighted by Gasteiger charge is -2.23. The molecule has 6 heteroatoms. The molecule has 0 aliphatic carbocycles. The molecular weight excluding hydrogens is 256 g/mol. The van der Waals surface area contributed by atoms with E-state index in [1.807, 2.05) is 12.1 Å². The number of benzene rings is 1. The summed E-state index contributed by atoms with van der Waals surface area (Å²) in [6.45, 7) is 0.798. The predicted octanol–water partition coefficient (Wildman–Crippen LogP) is 0.418. The van der Waals surface area contributed by atoms with Crippen molar-refractivity contribution in [3.63, 3.8) is 0 Å². The average Bonchev–Trinajstić information content (AvgIpc) is 2.93. The van der Waals surface area contributed by atoms with Gasteiger partial charge < -0.3 is 21.3 Å². The van der Waals surface area contributed by atoms with E-state index in [9.17, 15) is 9.59 Å². The largest absolute Gasteiger partial charge is 0.399 e. The maximum Gasteiger partial charge on any atom is 0.242 e. The van der Waals surface area contributed by atoms with Gasteiger partial charge in [-0.15, -0.1) is 0 Å². The Morgan fingerprint density at radius 1 is 1.45 bits per heavy atom. The standard InChI is InChI=1S/C14H20N4O2/c1-16-14(20)12-6-3-7-18(12)13(19)9-17-11-5-2-4-10(15)8-11/h2,4-5,8,12,17H,3,6-7,9,15H2,1H3,(H,16,20). The summed E-state index contributed by atoms with van der Waals surface area (Å²) < 4.78 is 0. The van der Waals surface area contributed by atoms with Crippen LogP contribution < -0.4 is 16.4 Å². The van der Waals surface area contributed by atoms with Gasteiger partial charge in [0, 0.05) is 25.0 Å². The summed E-state index contributed by atoms with van der Waals surface area (Å²) in [6.07, 6.45) is 1.59. The van der Waals surface area contributed by atoms with Gasteiger partial charge in [-0.2, -0.15) is 0 Å². The molecule has 1 atom stereocenters. The molecule has 0 saturated carbocycles. The molecule has 1 fully saturated rings. The van der Waals surface area contributed by atoms with Crippen LogP contribution in [0.1, 0.15) is 12.8 Å². The molecular formula is C14H20N4O2. The van der Waals surface area contributed by atoms with Crippen LogP contribution in [0.25, 0.3) is 0 Å². The van der Waals surface area contributed by atoms with Crippen molar-refractivity contribution >= 4 is 23.2 Å². The molecule has 108 valence electrons. The number of anilines is 2. The highest BCUT2D eigenvalue weighted by Crippen LogP contribution is 2.18. The summed E-state index contributed by atoms with van der Waals surface area (Å²) in [7, 11) is 1.59. The van der Waals surface area contributed by atoms with E-state index >= 15 is 0 Å². The Hall–Kier alpha value is -2.24. The second kappa shape index (κ2) is 6.27. The summed E-state index contributed by atoms with van der Waals surface area (Å²) in [5.74, 6) is -0.168. The maximum atomic E-state index is 12.2. The van der Waals surface area contributed by atoms with Crippen LogP contribution in [0.5, 0.6) is 0 Å². The number of hydrogen-bond donors (Lipinski definition) is 3. The number of likely N-dealkylation sites (N-methyl/N-ethyl adjacent to an activating group) is 1. The Bertz CT molecular complexity index is 504. The van der Waals surface area contributed by atoms with Crippen molar-refractivity contribution in [2.45, 2.75) is 18.9 Å². The Kier molecular flexibility index (Phi) is 4.45. The summed E-state index contributed by atoms with van der Waals surface area (Å²) >= 11 is 0. The van der Waals surface area contributed by atoms with Crippen LogP contribution >= 0.6 is 0 Å². The first-order chi connectivity index (χ1) is 9.61. The lowest BCUT2D eigenvalue weighted by atomic mass is 10.2. The van der Waals surface area contributed by atoms with E-state index in [2.05, 4.69) is 10.6 Å². The molecule has 1 heterocycles. The Morgan fingerprint density at radius 2 is 2.25 bits per heavy atom. The van der Waals surface area contributed by atoms with Crippen molar-refractivity contribution in [2.24, 2.45) is 0 Å². The molecule has 1 unspecified atom stereocenters. The highest BCUT2D eigenvalue weighted by molar-refractivity contribution is 5.89. The number of nitrogens with one attached hydrogen (secondary N) is 2. The van der Waals surface area contributed by atoms with Gasteiger partial charge in [-0.1, -0.05) is 6.07 Å². The number of amides is 2. The number of carbonyl (C=O) groups excluding carboxylic acids is 2. The summed E-state index contributed by atoms with van der Waals surface area (Å²) in [5, 5.41) is 5.64. The van der Waals surface area contributed by atoms with E-state index < -0.39 is 0 Å². The van der Waals surface area contributed by atoms with Gasteiger partial charge in [0.05, 0.1) is 6.54 Å². The van der Waals surface area contributed by atoms with E-state index in [4.69, 9.17) is 5.73 Å². The number of nitrogen functional groups attached to an aromatic ring is 1. The molecule has 0 aromatic heterocycles. The summed E-state index contributed by atoms with van der Waals surface area (Å²) in [5.41, 5.74) is 7.12. The molecule has 1 aliphatic heterocycles. The molecule has 2 amide bonds. The van der Waals surface area contributed by atoms with Crippen LogP contribution in [-0.4, -0.2) is 42.9 Å². The minimum absolute atomic E-state index is 0.0708. The van der Waals surface area contributed by atoms with E-state index in [0.29, 0.717) is 12.2 Å². The highest BCUT2D eigenvalue weighted by Gasteiger charge is 2.33. The average molecular weight is 276 g/mol. The Labute approximate surface area is 118 Å². The van der Waals surface area contributed by atoms with E-state index in [-0.39, 0.29) is 24.4 Å². The van der Waals surface area contributed by atoms with E-state index in [1.165, 1.54) is 0 Å². The van der Waals surface area contributed by atoms with Gasteiger partial charge in [0.1, 0.15) is 6.04 Å². The van der Waals surface area contributed by atoms with Crippen LogP contribution in [0.2, 0.25) is 0 Å². The lowest BCUT2D eigenvalue weighted by Crippen LogP contribution is -2.46. The molecule has 0 radical (unpaired) electrons. The number of nitrogens with two attached hydrogens (primary N) is 1. The third-order valence-electron chi connectivity index (χ3n) is 3.45. The van der Waals surface area contributed by atoms with E-state index in [0.717, 1.165) is 18.5 Å². The van der Waals surface area contributed by atoms with Gasteiger partial charge in [0.2, 0.25) is 11.8 Å². The summed E-state index contributed by atoms with van der Waals surface area (Å²) in [6, 6.07) is 6.90. The van der Waals surface area contributed by atoms with Crippen molar-refractivity contribution in [1.29, 1.82) is 0 Å². The van der Waals surface area contributed by atoms with Crippen molar-refractivity contribution in [2.75, 3.05) is 31.2 Å². The minimum Gasteiger partial charge on any atom is -0.399 e. The predicted molar refractivity (Wildman–Crippen MR) is 78.1 cm³/mol. The first kappa shape index (κ1) is 14.2. The first-order valence-electron chi connectivity index (χ1n) is 6.72. The normalized spacial score (nSPS) is 17.9. The maximum absolute atomic E-state index is 12.2. The molecule has 1 aromatic rings. The second-order valence-corrected chi connectivity index (χ2v) is 4.84. The molecule has 1 aliphatic rings. The molecule has 20 heavy (non-hydrogen) atoms. The topological polar surface area (TPSA) is 87.5 Å². The molecule has 4 N–H and O–H groups in total. The van der Waals surface area contributed by atoms with Crippen LogP contribution in [0, 0.1) is 0 Å². The van der Waals surface area contributed by atoms with Crippen LogP contribution in [0.4, 0.5) is 11.4 Å². The Morgan fingerprint density at radius 3 is 2.95 bits per heavy atom. The number of hydrogen-bond acceptors (Lipinski definition) is 4. The van der Waals surface area contributed by atoms with Gasteiger partial charge in [0.15, 0.2) is 0 Å². The number of carbonyl (C=O) groups is 2. The fourth-order valence-corrected chi connectivity index (χ4v) is 2.43. The zero-order valence-corrected chi connectivity index (χ0v) is 11.6. The minimum atomic E-state index is -0.338. The fourth-order valence-electron chi connectivity index (χ4n) is 2.43. The zero-order chi connectivity index (χ0) is 14.5. The van der Waals surface area contributed by atoms with Gasteiger partial charge in [0.25, 0.3) is 0 Å². The SMILES string of the molecule is CNC(=O)C1CCCN1C(=O)CNc1cccc(N)c1. The fraction of sp³-hybridized carbons (Fsp3) is 0.429. The van der Waals surface area contributed by atoms with Crippen molar-refractivity contribution < 1.29 is 9.59 Å². The summed E-state index contributed by atoms with van der Waals surface area (Å²) in [4.78, 5) is 25.5. The molecule has 0 bridgehead atoms. The quantitative estimate of drug-likeness (QED) is 0.695. The van der Waals surface area contributed by atoms with Crippen LogP contribution in [0.15, 0.2) is 24.3 Å². The first-order valence-corrected chi connectivity index (χ1v) is 6.72. The number of likely N-dealkylation sites (tertiary alicyclic amines) is 1. The monoisotopic (exact) mass is 276 g/mol. The van der Waals surface area contributed by atoms with Crippen LogP contribution in [-0.2, 0) is 9.59 Å². The lowest BCUT2D eigenvalue weighted by molar-refractivity contribution is -0.136. The second-order valence-electron chi connectivity index (χ2n) is 4.84. The third kappa shape index (κ3) is 3.20. The molecule has 0 spiro atoms. The molecule has 1 aromatic carbocycles. The number of nitrogens with zero attached hydrogens (tertiary/aromatic N) is 1. The van der Waals surface area contributed by atoms with Gasteiger partial charge in [-0.05, 0) is 31.0 Å². The van der Waals surface area contributed by atoms with Crippen molar-refractivity contribution in [3.05, 3.63) is 24.3 Å². The van der Waals surface area contributed by atoms with Gasteiger partial charge in [-0.3, -0.25) is 9.59 Å². The van der Waals surface area contributed by atoms with Gasteiger partial charge >= 0.3 is 0 Å². The van der Waals surface area contributed by atoms with Crippen molar-refractivity contribution in [3.8, 4) is 0 Å². The molecule has 1 saturated heterocycles. The van der Waals surface area contributed by atoms with E-state index in [1.54, 1.807) is 24.1 Å². The Balaban J connectivity index is 1.93.